The molecule has 1 atom stereocenters. The van der Waals surface area contributed by atoms with Crippen molar-refractivity contribution >= 4 is 18.0 Å². The zero-order valence-electron chi connectivity index (χ0n) is 11.3. The van der Waals surface area contributed by atoms with Gasteiger partial charge in [0.15, 0.2) is 6.04 Å². The van der Waals surface area contributed by atoms with Crippen LogP contribution in [0.5, 0.6) is 0 Å². The van der Waals surface area contributed by atoms with Crippen LogP contribution in [0.1, 0.15) is 27.9 Å². The van der Waals surface area contributed by atoms with Crippen LogP contribution in [0, 0.1) is 0 Å². The molecular weight excluding hydrogens is 258 g/mol. The standard InChI is InChI=1S/C15H17NO4/c1-20-9-13(15(18)19)16-14(17)12-7-6-10-4-2-3-5-11(10)8-12/h2,4,6-8,13H,3,5,9H2,1H3,(H,16,17)(H,18,19). The number of hydrogen-bond donors (Lipinski definition) is 2. The van der Waals surface area contributed by atoms with E-state index < -0.39 is 17.9 Å². The molecule has 5 nitrogen and oxygen atoms in total. The molecule has 0 bridgehead atoms. The van der Waals surface area contributed by atoms with Gasteiger partial charge in [-0.1, -0.05) is 18.2 Å². The van der Waals surface area contributed by atoms with Crippen LogP contribution in [-0.4, -0.2) is 36.7 Å². The van der Waals surface area contributed by atoms with E-state index in [0.717, 1.165) is 24.0 Å². The first kappa shape index (κ1) is 14.3. The Morgan fingerprint density at radius 3 is 2.95 bits per heavy atom. The lowest BCUT2D eigenvalue weighted by Crippen LogP contribution is -2.43. The third-order valence-electron chi connectivity index (χ3n) is 3.22. The van der Waals surface area contributed by atoms with Crippen LogP contribution < -0.4 is 5.32 Å². The number of carbonyl (C=O) groups is 2. The Balaban J connectivity index is 2.13. The van der Waals surface area contributed by atoms with Gasteiger partial charge in [-0.15, -0.1) is 0 Å². The Bertz CT molecular complexity index is 551. The lowest BCUT2D eigenvalue weighted by molar-refractivity contribution is -0.140. The first-order chi connectivity index (χ1) is 9.61. The molecule has 1 aromatic rings. The molecule has 106 valence electrons. The molecule has 5 heteroatoms. The fraction of sp³-hybridized carbons (Fsp3) is 0.333. The molecule has 0 fully saturated rings. The zero-order valence-corrected chi connectivity index (χ0v) is 11.3. The fourth-order valence-corrected chi connectivity index (χ4v) is 2.16. The van der Waals surface area contributed by atoms with Crippen LogP contribution in [0.3, 0.4) is 0 Å². The number of fused-ring (bicyclic) bond motifs is 1. The van der Waals surface area contributed by atoms with Gasteiger partial charge in [0.25, 0.3) is 5.91 Å². The summed E-state index contributed by atoms with van der Waals surface area (Å²) in [5.41, 5.74) is 2.69. The molecule has 20 heavy (non-hydrogen) atoms. The van der Waals surface area contributed by atoms with Gasteiger partial charge >= 0.3 is 5.97 Å². The molecule has 0 radical (unpaired) electrons. The normalized spacial score (nSPS) is 14.4. The molecule has 0 heterocycles. The Morgan fingerprint density at radius 2 is 2.25 bits per heavy atom. The molecule has 1 aromatic carbocycles. The molecule has 1 unspecified atom stereocenters. The van der Waals surface area contributed by atoms with Crippen molar-refractivity contribution in [1.82, 2.24) is 5.32 Å². The van der Waals surface area contributed by atoms with Crippen LogP contribution in [-0.2, 0) is 16.0 Å². The maximum Gasteiger partial charge on any atom is 0.328 e. The molecule has 2 rings (SSSR count). The Kier molecular flexibility index (Phi) is 4.53. The van der Waals surface area contributed by atoms with Gasteiger partial charge in [0.05, 0.1) is 6.61 Å². The second-order valence-electron chi connectivity index (χ2n) is 4.67. The monoisotopic (exact) mass is 275 g/mol. The predicted molar refractivity (Wildman–Crippen MR) is 74.6 cm³/mol. The summed E-state index contributed by atoms with van der Waals surface area (Å²) in [5.74, 6) is -1.51. The number of allylic oxidation sites excluding steroid dienone is 1. The number of amides is 1. The van der Waals surface area contributed by atoms with Gasteiger partial charge in [0.2, 0.25) is 0 Å². The van der Waals surface area contributed by atoms with Crippen molar-refractivity contribution in [1.29, 1.82) is 0 Å². The number of carboxylic acid groups (broad SMARTS) is 1. The largest absolute Gasteiger partial charge is 0.480 e. The molecule has 1 aliphatic rings. The SMILES string of the molecule is COCC(NC(=O)c1ccc2c(c1)CCC=C2)C(=O)O. The number of carboxylic acids is 1. The summed E-state index contributed by atoms with van der Waals surface area (Å²) >= 11 is 0. The first-order valence-electron chi connectivity index (χ1n) is 6.44. The number of benzene rings is 1. The van der Waals surface area contributed by atoms with Crippen LogP contribution >= 0.6 is 0 Å². The molecule has 0 saturated carbocycles. The lowest BCUT2D eigenvalue weighted by atomic mass is 9.95. The Morgan fingerprint density at radius 1 is 1.45 bits per heavy atom. The van der Waals surface area contributed by atoms with Crippen molar-refractivity contribution in [2.24, 2.45) is 0 Å². The van der Waals surface area contributed by atoms with Crippen LogP contribution in [0.4, 0.5) is 0 Å². The third-order valence-corrected chi connectivity index (χ3v) is 3.22. The minimum absolute atomic E-state index is 0.0608. The zero-order chi connectivity index (χ0) is 14.5. The van der Waals surface area contributed by atoms with Gasteiger partial charge < -0.3 is 15.2 Å². The molecule has 0 aromatic heterocycles. The third kappa shape index (κ3) is 3.24. The topological polar surface area (TPSA) is 75.6 Å². The van der Waals surface area contributed by atoms with Gasteiger partial charge in [0, 0.05) is 12.7 Å². The first-order valence-corrected chi connectivity index (χ1v) is 6.44. The van der Waals surface area contributed by atoms with E-state index >= 15 is 0 Å². The molecule has 1 aliphatic carbocycles. The van der Waals surface area contributed by atoms with E-state index in [1.807, 2.05) is 18.2 Å². The van der Waals surface area contributed by atoms with Crippen LogP contribution in [0.15, 0.2) is 24.3 Å². The maximum absolute atomic E-state index is 12.1. The van der Waals surface area contributed by atoms with E-state index in [1.165, 1.54) is 7.11 Å². The van der Waals surface area contributed by atoms with Gasteiger partial charge in [-0.05, 0) is 36.1 Å². The maximum atomic E-state index is 12.1. The van der Waals surface area contributed by atoms with E-state index in [9.17, 15) is 9.59 Å². The molecule has 2 N–H and O–H groups in total. The second kappa shape index (κ2) is 6.34. The van der Waals surface area contributed by atoms with Gasteiger partial charge in [0.1, 0.15) is 0 Å². The quantitative estimate of drug-likeness (QED) is 0.853. The van der Waals surface area contributed by atoms with E-state index in [1.54, 1.807) is 6.07 Å². The lowest BCUT2D eigenvalue weighted by Gasteiger charge is -2.15. The minimum atomic E-state index is -1.11. The average molecular weight is 275 g/mol. The number of aryl methyl sites for hydroxylation is 1. The summed E-state index contributed by atoms with van der Waals surface area (Å²) in [6.07, 6.45) is 5.99. The Hall–Kier alpha value is -2.14. The van der Waals surface area contributed by atoms with Gasteiger partial charge in [-0.25, -0.2) is 4.79 Å². The highest BCUT2D eigenvalue weighted by Crippen LogP contribution is 2.20. The van der Waals surface area contributed by atoms with Gasteiger partial charge in [-0.3, -0.25) is 4.79 Å². The highest BCUT2D eigenvalue weighted by molar-refractivity contribution is 5.97. The van der Waals surface area contributed by atoms with Crippen molar-refractivity contribution in [3.63, 3.8) is 0 Å². The second-order valence-corrected chi connectivity index (χ2v) is 4.67. The van der Waals surface area contributed by atoms with Gasteiger partial charge in [-0.2, -0.15) is 0 Å². The van der Waals surface area contributed by atoms with Crippen molar-refractivity contribution in [3.8, 4) is 0 Å². The molecular formula is C15H17NO4. The number of carbonyl (C=O) groups excluding carboxylic acids is 1. The van der Waals surface area contributed by atoms with Crippen LogP contribution in [0.25, 0.3) is 6.08 Å². The summed E-state index contributed by atoms with van der Waals surface area (Å²) in [4.78, 5) is 23.1. The number of nitrogens with one attached hydrogen (secondary N) is 1. The summed E-state index contributed by atoms with van der Waals surface area (Å²) in [6, 6.07) is 4.37. The summed E-state index contributed by atoms with van der Waals surface area (Å²) < 4.78 is 4.79. The molecule has 0 saturated heterocycles. The number of ether oxygens (including phenoxy) is 1. The van der Waals surface area contributed by atoms with Crippen molar-refractivity contribution in [2.75, 3.05) is 13.7 Å². The summed E-state index contributed by atoms with van der Waals surface area (Å²) in [7, 11) is 1.40. The van der Waals surface area contributed by atoms with Crippen LogP contribution in [0.2, 0.25) is 0 Å². The molecule has 0 spiro atoms. The molecule has 1 amide bonds. The van der Waals surface area contributed by atoms with E-state index in [0.29, 0.717) is 5.56 Å². The van der Waals surface area contributed by atoms with Crippen molar-refractivity contribution in [3.05, 3.63) is 41.0 Å². The fourth-order valence-electron chi connectivity index (χ4n) is 2.16. The average Bonchev–Trinajstić information content (AvgIpc) is 2.46. The van der Waals surface area contributed by atoms with Crippen molar-refractivity contribution in [2.45, 2.75) is 18.9 Å². The minimum Gasteiger partial charge on any atom is -0.480 e. The number of methoxy groups -OCH3 is 1. The Labute approximate surface area is 117 Å². The summed E-state index contributed by atoms with van der Waals surface area (Å²) in [5, 5.41) is 11.4. The highest BCUT2D eigenvalue weighted by atomic mass is 16.5. The van der Waals surface area contributed by atoms with E-state index in [4.69, 9.17) is 9.84 Å². The van der Waals surface area contributed by atoms with E-state index in [-0.39, 0.29) is 6.61 Å². The highest BCUT2D eigenvalue weighted by Gasteiger charge is 2.20. The number of aliphatic carboxylic acids is 1. The molecule has 0 aliphatic heterocycles. The van der Waals surface area contributed by atoms with E-state index in [2.05, 4.69) is 11.4 Å². The number of rotatable bonds is 5. The van der Waals surface area contributed by atoms with Crippen molar-refractivity contribution < 1.29 is 19.4 Å². The predicted octanol–water partition coefficient (Wildman–Crippen LogP) is 1.48. The number of hydrogen-bond acceptors (Lipinski definition) is 3. The smallest absolute Gasteiger partial charge is 0.328 e. The summed E-state index contributed by atoms with van der Waals surface area (Å²) in [6.45, 7) is -0.0608.